The van der Waals surface area contributed by atoms with E-state index in [4.69, 9.17) is 34.8 Å². The van der Waals surface area contributed by atoms with Gasteiger partial charge in [0.1, 0.15) is 0 Å². The number of rotatable bonds is 0. The third-order valence-corrected chi connectivity index (χ3v) is 2.97. The van der Waals surface area contributed by atoms with Gasteiger partial charge in [0.2, 0.25) is 0 Å². The zero-order valence-electron chi connectivity index (χ0n) is 5.69. The van der Waals surface area contributed by atoms with Crippen LogP contribution in [0.4, 0.5) is 0 Å². The van der Waals surface area contributed by atoms with Gasteiger partial charge in [-0.25, -0.2) is 0 Å². The lowest BCUT2D eigenvalue weighted by Crippen LogP contribution is -2.05. The first kappa shape index (κ1) is 8.96. The van der Waals surface area contributed by atoms with E-state index in [0.29, 0.717) is 0 Å². The van der Waals surface area contributed by atoms with Crippen molar-refractivity contribution in [3.63, 3.8) is 0 Å². The minimum atomic E-state index is 0.187. The fourth-order valence-corrected chi connectivity index (χ4v) is 2.54. The molecular formula is C7H11Cl3. The van der Waals surface area contributed by atoms with Crippen molar-refractivity contribution in [2.24, 2.45) is 0 Å². The molecule has 0 aliphatic heterocycles. The Balaban J connectivity index is 2.38. The molecule has 1 aliphatic carbocycles. The first-order valence-corrected chi connectivity index (χ1v) is 4.91. The normalized spacial score (nSPS) is 42.9. The molecule has 3 heteroatoms. The van der Waals surface area contributed by atoms with Crippen LogP contribution in [0.25, 0.3) is 0 Å². The maximum Gasteiger partial charge on any atom is 0.0364 e. The number of hydrogen-bond donors (Lipinski definition) is 0. The molecule has 2 atom stereocenters. The Hall–Kier alpha value is 0.870. The molecule has 0 saturated heterocycles. The maximum atomic E-state index is 5.94. The second kappa shape index (κ2) is 4.04. The van der Waals surface area contributed by atoms with Crippen molar-refractivity contribution in [1.82, 2.24) is 0 Å². The van der Waals surface area contributed by atoms with E-state index in [1.54, 1.807) is 0 Å². The molecule has 0 aromatic heterocycles. The molecule has 0 radical (unpaired) electrons. The van der Waals surface area contributed by atoms with Gasteiger partial charge in [-0.15, -0.1) is 34.8 Å². The van der Waals surface area contributed by atoms with Crippen LogP contribution in [0, 0.1) is 0 Å². The Labute approximate surface area is 76.8 Å². The molecule has 0 amide bonds. The predicted molar refractivity (Wildman–Crippen MR) is 47.4 cm³/mol. The standard InChI is InChI=1S/C7H11Cl3/c8-5-1-2-6(9)4-7(10)3-5/h5-7H,1-4H2. The summed E-state index contributed by atoms with van der Waals surface area (Å²) in [5.74, 6) is 0. The molecular weight excluding hydrogens is 190 g/mol. The summed E-state index contributed by atoms with van der Waals surface area (Å²) < 4.78 is 0. The van der Waals surface area contributed by atoms with E-state index in [2.05, 4.69) is 0 Å². The van der Waals surface area contributed by atoms with Gasteiger partial charge in [-0.3, -0.25) is 0 Å². The van der Waals surface area contributed by atoms with Gasteiger partial charge in [0.05, 0.1) is 0 Å². The van der Waals surface area contributed by atoms with Crippen molar-refractivity contribution in [2.45, 2.75) is 41.8 Å². The van der Waals surface area contributed by atoms with E-state index >= 15 is 0 Å². The first-order valence-electron chi connectivity index (χ1n) is 3.60. The van der Waals surface area contributed by atoms with Gasteiger partial charge in [0, 0.05) is 16.1 Å². The number of alkyl halides is 3. The van der Waals surface area contributed by atoms with Crippen molar-refractivity contribution in [1.29, 1.82) is 0 Å². The fraction of sp³-hybridized carbons (Fsp3) is 1.00. The molecule has 60 valence electrons. The van der Waals surface area contributed by atoms with Crippen LogP contribution in [-0.2, 0) is 0 Å². The maximum absolute atomic E-state index is 5.94. The average molecular weight is 202 g/mol. The van der Waals surface area contributed by atoms with Gasteiger partial charge in [-0.05, 0) is 25.7 Å². The highest BCUT2D eigenvalue weighted by atomic mass is 35.5. The SMILES string of the molecule is ClC1CCC(Cl)CC(Cl)C1. The lowest BCUT2D eigenvalue weighted by Gasteiger charge is -2.07. The molecule has 1 aliphatic rings. The molecule has 0 N–H and O–H groups in total. The summed E-state index contributed by atoms with van der Waals surface area (Å²) in [5.41, 5.74) is 0. The minimum absolute atomic E-state index is 0.187. The first-order chi connectivity index (χ1) is 4.68. The highest BCUT2D eigenvalue weighted by Crippen LogP contribution is 2.28. The Morgan fingerprint density at radius 3 is 1.50 bits per heavy atom. The third kappa shape index (κ3) is 2.86. The smallest absolute Gasteiger partial charge is 0.0364 e. The molecule has 1 fully saturated rings. The summed E-state index contributed by atoms with van der Waals surface area (Å²) in [5, 5.41) is 0.671. The molecule has 1 saturated carbocycles. The molecule has 2 unspecified atom stereocenters. The molecule has 0 spiro atoms. The zero-order chi connectivity index (χ0) is 7.56. The van der Waals surface area contributed by atoms with Gasteiger partial charge in [0.25, 0.3) is 0 Å². The van der Waals surface area contributed by atoms with E-state index in [0.717, 1.165) is 25.7 Å². The van der Waals surface area contributed by atoms with Crippen LogP contribution in [0.15, 0.2) is 0 Å². The highest BCUT2D eigenvalue weighted by Gasteiger charge is 2.21. The molecule has 0 heterocycles. The molecule has 0 aromatic rings. The largest absolute Gasteiger partial charge is 0.123 e. The Morgan fingerprint density at radius 2 is 1.10 bits per heavy atom. The van der Waals surface area contributed by atoms with Gasteiger partial charge in [0.15, 0.2) is 0 Å². The van der Waals surface area contributed by atoms with Crippen molar-refractivity contribution < 1.29 is 0 Å². The fourth-order valence-electron chi connectivity index (χ4n) is 1.25. The quantitative estimate of drug-likeness (QED) is 0.416. The van der Waals surface area contributed by atoms with E-state index in [-0.39, 0.29) is 16.1 Å². The lowest BCUT2D eigenvalue weighted by atomic mass is 10.2. The van der Waals surface area contributed by atoms with Crippen LogP contribution in [0.5, 0.6) is 0 Å². The van der Waals surface area contributed by atoms with Crippen LogP contribution in [0.3, 0.4) is 0 Å². The Bertz CT molecular complexity index is 93.0. The van der Waals surface area contributed by atoms with Crippen LogP contribution >= 0.6 is 34.8 Å². The highest BCUT2D eigenvalue weighted by molar-refractivity contribution is 6.25. The Morgan fingerprint density at radius 1 is 0.700 bits per heavy atom. The van der Waals surface area contributed by atoms with Crippen LogP contribution < -0.4 is 0 Å². The second-order valence-corrected chi connectivity index (χ2v) is 4.69. The van der Waals surface area contributed by atoms with Crippen molar-refractivity contribution in [3.05, 3.63) is 0 Å². The second-order valence-electron chi connectivity index (χ2n) is 2.84. The summed E-state index contributed by atoms with van der Waals surface area (Å²) in [4.78, 5) is 0. The average Bonchev–Trinajstić information content (AvgIpc) is 1.93. The minimum Gasteiger partial charge on any atom is -0.123 e. The molecule has 10 heavy (non-hydrogen) atoms. The summed E-state index contributed by atoms with van der Waals surface area (Å²) >= 11 is 17.8. The van der Waals surface area contributed by atoms with Gasteiger partial charge < -0.3 is 0 Å². The van der Waals surface area contributed by atoms with Crippen LogP contribution in [-0.4, -0.2) is 16.1 Å². The summed E-state index contributed by atoms with van der Waals surface area (Å²) in [6, 6.07) is 0. The summed E-state index contributed by atoms with van der Waals surface area (Å²) in [6.45, 7) is 0. The number of hydrogen-bond acceptors (Lipinski definition) is 0. The van der Waals surface area contributed by atoms with E-state index in [1.165, 1.54) is 0 Å². The monoisotopic (exact) mass is 200 g/mol. The van der Waals surface area contributed by atoms with Gasteiger partial charge in [-0.1, -0.05) is 0 Å². The van der Waals surface area contributed by atoms with Crippen molar-refractivity contribution in [3.8, 4) is 0 Å². The summed E-state index contributed by atoms with van der Waals surface area (Å²) in [6.07, 6.45) is 3.84. The van der Waals surface area contributed by atoms with E-state index < -0.39 is 0 Å². The van der Waals surface area contributed by atoms with Crippen LogP contribution in [0.2, 0.25) is 0 Å². The van der Waals surface area contributed by atoms with Crippen molar-refractivity contribution >= 4 is 34.8 Å². The number of halogens is 3. The van der Waals surface area contributed by atoms with E-state index in [1.807, 2.05) is 0 Å². The van der Waals surface area contributed by atoms with Crippen LogP contribution in [0.1, 0.15) is 25.7 Å². The van der Waals surface area contributed by atoms with E-state index in [9.17, 15) is 0 Å². The molecule has 1 rings (SSSR count). The van der Waals surface area contributed by atoms with Gasteiger partial charge in [-0.2, -0.15) is 0 Å². The Kier molecular flexibility index (Phi) is 3.62. The lowest BCUT2D eigenvalue weighted by molar-refractivity contribution is 0.714. The zero-order valence-corrected chi connectivity index (χ0v) is 7.96. The predicted octanol–water partition coefficient (Wildman–Crippen LogP) is 3.38. The third-order valence-electron chi connectivity index (χ3n) is 1.82. The van der Waals surface area contributed by atoms with Crippen molar-refractivity contribution in [2.75, 3.05) is 0 Å². The molecule has 0 aromatic carbocycles. The topological polar surface area (TPSA) is 0 Å². The summed E-state index contributed by atoms with van der Waals surface area (Å²) in [7, 11) is 0. The molecule has 0 bridgehead atoms. The molecule has 0 nitrogen and oxygen atoms in total. The van der Waals surface area contributed by atoms with Gasteiger partial charge >= 0.3 is 0 Å².